The normalized spacial score (nSPS) is 19.3. The molecule has 1 heterocycles. The van der Waals surface area contributed by atoms with Crippen LogP contribution in [0.5, 0.6) is 0 Å². The van der Waals surface area contributed by atoms with E-state index < -0.39 is 18.0 Å². The topological polar surface area (TPSA) is 89.9 Å². The van der Waals surface area contributed by atoms with E-state index in [0.717, 1.165) is 12.8 Å². The molecule has 0 aromatic rings. The second-order valence-electron chi connectivity index (χ2n) is 4.81. The number of likely N-dealkylation sites (tertiary alicyclic amines) is 1. The number of urea groups is 1. The molecule has 6 nitrogen and oxygen atoms in total. The van der Waals surface area contributed by atoms with Gasteiger partial charge in [-0.2, -0.15) is 0 Å². The summed E-state index contributed by atoms with van der Waals surface area (Å²) in [5.41, 5.74) is 0. The number of nitrogens with zero attached hydrogens (tertiary/aromatic N) is 1. The summed E-state index contributed by atoms with van der Waals surface area (Å²) in [6.07, 6.45) is 6.09. The number of aliphatic carboxylic acids is 1. The van der Waals surface area contributed by atoms with Crippen molar-refractivity contribution in [1.29, 1.82) is 0 Å². The zero-order valence-electron chi connectivity index (χ0n) is 11.0. The van der Waals surface area contributed by atoms with Gasteiger partial charge in [-0.05, 0) is 25.7 Å². The lowest BCUT2D eigenvalue weighted by Gasteiger charge is -2.33. The van der Waals surface area contributed by atoms with Crippen LogP contribution in [0, 0.1) is 18.3 Å². The molecule has 0 aromatic carbocycles. The molecule has 0 bridgehead atoms. The highest BCUT2D eigenvalue weighted by Crippen LogP contribution is 2.20. The largest absolute Gasteiger partial charge is 0.480 e. The second kappa shape index (κ2) is 7.00. The second-order valence-corrected chi connectivity index (χ2v) is 4.81. The first-order valence-corrected chi connectivity index (χ1v) is 6.35. The van der Waals surface area contributed by atoms with Crippen molar-refractivity contribution < 1.29 is 19.8 Å². The number of carbonyl (C=O) groups excluding carboxylic acids is 1. The van der Waals surface area contributed by atoms with Crippen LogP contribution in [0.2, 0.25) is 0 Å². The molecule has 0 aliphatic carbocycles. The van der Waals surface area contributed by atoms with E-state index in [4.69, 9.17) is 11.5 Å². The Morgan fingerprint density at radius 3 is 2.47 bits per heavy atom. The Balaban J connectivity index is 2.47. The summed E-state index contributed by atoms with van der Waals surface area (Å²) in [6.45, 7) is 2.78. The number of rotatable bonds is 4. The summed E-state index contributed by atoms with van der Waals surface area (Å²) < 4.78 is 0. The molecule has 106 valence electrons. The molecule has 0 saturated carbocycles. The molecule has 1 fully saturated rings. The zero-order chi connectivity index (χ0) is 14.4. The Kier molecular flexibility index (Phi) is 5.64. The quantitative estimate of drug-likeness (QED) is 0.638. The van der Waals surface area contributed by atoms with Crippen LogP contribution < -0.4 is 5.32 Å². The third-order valence-corrected chi connectivity index (χ3v) is 3.43. The van der Waals surface area contributed by atoms with Crippen molar-refractivity contribution in [2.45, 2.75) is 38.3 Å². The minimum atomic E-state index is -1.13. The molecular formula is C13H20N2O4. The summed E-state index contributed by atoms with van der Waals surface area (Å²) in [4.78, 5) is 24.3. The number of amides is 2. The van der Waals surface area contributed by atoms with Crippen LogP contribution in [0.3, 0.4) is 0 Å². The first-order valence-electron chi connectivity index (χ1n) is 6.35. The van der Waals surface area contributed by atoms with E-state index in [9.17, 15) is 14.7 Å². The SMILES string of the molecule is C#CCC(NC(=O)N1CCC(C(C)O)CC1)C(=O)O. The number of hydrogen-bond donors (Lipinski definition) is 3. The Morgan fingerprint density at radius 2 is 2.05 bits per heavy atom. The van der Waals surface area contributed by atoms with Crippen molar-refractivity contribution in [3.8, 4) is 12.3 Å². The Bertz CT molecular complexity index is 367. The van der Waals surface area contributed by atoms with E-state index >= 15 is 0 Å². The van der Waals surface area contributed by atoms with Crippen molar-refractivity contribution in [3.05, 3.63) is 0 Å². The number of piperidine rings is 1. The molecule has 0 aromatic heterocycles. The maximum atomic E-state index is 11.9. The molecule has 1 saturated heterocycles. The van der Waals surface area contributed by atoms with Gasteiger partial charge < -0.3 is 20.4 Å². The molecule has 1 aliphatic heterocycles. The summed E-state index contributed by atoms with van der Waals surface area (Å²) in [5.74, 6) is 1.30. The van der Waals surface area contributed by atoms with Crippen molar-refractivity contribution >= 4 is 12.0 Å². The van der Waals surface area contributed by atoms with Crippen molar-refractivity contribution in [2.24, 2.45) is 5.92 Å². The van der Waals surface area contributed by atoms with E-state index in [1.165, 1.54) is 0 Å². The van der Waals surface area contributed by atoms with Gasteiger partial charge in [-0.1, -0.05) is 0 Å². The molecule has 3 N–H and O–H groups in total. The minimum Gasteiger partial charge on any atom is -0.480 e. The van der Waals surface area contributed by atoms with E-state index in [0.29, 0.717) is 13.1 Å². The predicted octanol–water partition coefficient (Wildman–Crippen LogP) is 0.265. The number of nitrogens with one attached hydrogen (secondary N) is 1. The Hall–Kier alpha value is -1.74. The lowest BCUT2D eigenvalue weighted by molar-refractivity contribution is -0.139. The van der Waals surface area contributed by atoms with Gasteiger partial charge in [0.25, 0.3) is 0 Å². The fourth-order valence-corrected chi connectivity index (χ4v) is 2.14. The Labute approximate surface area is 112 Å². The molecule has 2 unspecified atom stereocenters. The molecule has 19 heavy (non-hydrogen) atoms. The van der Waals surface area contributed by atoms with E-state index in [1.54, 1.807) is 11.8 Å². The number of hydrogen-bond acceptors (Lipinski definition) is 3. The van der Waals surface area contributed by atoms with Crippen molar-refractivity contribution in [2.75, 3.05) is 13.1 Å². The van der Waals surface area contributed by atoms with Crippen LogP contribution >= 0.6 is 0 Å². The smallest absolute Gasteiger partial charge is 0.327 e. The summed E-state index contributed by atoms with van der Waals surface area (Å²) in [7, 11) is 0. The molecular weight excluding hydrogens is 248 g/mol. The van der Waals surface area contributed by atoms with Crippen LogP contribution in [-0.4, -0.2) is 52.3 Å². The molecule has 0 radical (unpaired) electrons. The summed E-state index contributed by atoms with van der Waals surface area (Å²) >= 11 is 0. The first kappa shape index (κ1) is 15.3. The number of carboxylic acid groups (broad SMARTS) is 1. The maximum Gasteiger partial charge on any atom is 0.327 e. The monoisotopic (exact) mass is 268 g/mol. The third-order valence-electron chi connectivity index (χ3n) is 3.43. The van der Waals surface area contributed by atoms with Crippen LogP contribution in [0.1, 0.15) is 26.2 Å². The van der Waals surface area contributed by atoms with Gasteiger partial charge in [0.1, 0.15) is 6.04 Å². The van der Waals surface area contributed by atoms with Gasteiger partial charge in [-0.3, -0.25) is 0 Å². The van der Waals surface area contributed by atoms with Gasteiger partial charge >= 0.3 is 12.0 Å². The average Bonchev–Trinajstić information content (AvgIpc) is 2.38. The summed E-state index contributed by atoms with van der Waals surface area (Å²) in [6, 6.07) is -1.46. The van der Waals surface area contributed by atoms with Gasteiger partial charge in [-0.15, -0.1) is 12.3 Å². The molecule has 2 amide bonds. The van der Waals surface area contributed by atoms with E-state index in [2.05, 4.69) is 11.2 Å². The molecule has 1 aliphatic rings. The van der Waals surface area contributed by atoms with Gasteiger partial charge in [0.2, 0.25) is 0 Å². The van der Waals surface area contributed by atoms with Crippen LogP contribution in [0.15, 0.2) is 0 Å². The van der Waals surface area contributed by atoms with Gasteiger partial charge in [-0.25, -0.2) is 9.59 Å². The highest BCUT2D eigenvalue weighted by Gasteiger charge is 2.27. The average molecular weight is 268 g/mol. The fourth-order valence-electron chi connectivity index (χ4n) is 2.14. The molecule has 0 spiro atoms. The van der Waals surface area contributed by atoms with E-state index in [1.807, 2.05) is 0 Å². The van der Waals surface area contributed by atoms with E-state index in [-0.39, 0.29) is 18.4 Å². The fraction of sp³-hybridized carbons (Fsp3) is 0.692. The minimum absolute atomic E-state index is 0.0365. The highest BCUT2D eigenvalue weighted by atomic mass is 16.4. The number of aliphatic hydroxyl groups is 1. The van der Waals surface area contributed by atoms with Crippen LogP contribution in [0.25, 0.3) is 0 Å². The van der Waals surface area contributed by atoms with Crippen LogP contribution in [0.4, 0.5) is 4.79 Å². The number of terminal acetylenes is 1. The lowest BCUT2D eigenvalue weighted by Crippen LogP contribution is -2.50. The van der Waals surface area contributed by atoms with Gasteiger partial charge in [0.05, 0.1) is 6.10 Å². The van der Waals surface area contributed by atoms with Crippen LogP contribution in [-0.2, 0) is 4.79 Å². The number of carboxylic acids is 1. The van der Waals surface area contributed by atoms with Crippen molar-refractivity contribution in [3.63, 3.8) is 0 Å². The van der Waals surface area contributed by atoms with Gasteiger partial charge in [0.15, 0.2) is 0 Å². The Morgan fingerprint density at radius 1 is 1.47 bits per heavy atom. The third kappa shape index (κ3) is 4.45. The zero-order valence-corrected chi connectivity index (χ0v) is 11.0. The predicted molar refractivity (Wildman–Crippen MR) is 69.4 cm³/mol. The first-order chi connectivity index (χ1) is 8.95. The van der Waals surface area contributed by atoms with Gasteiger partial charge in [0, 0.05) is 19.5 Å². The number of carbonyl (C=O) groups is 2. The highest BCUT2D eigenvalue weighted by molar-refractivity contribution is 5.82. The lowest BCUT2D eigenvalue weighted by atomic mass is 9.92. The maximum absolute atomic E-state index is 11.9. The summed E-state index contributed by atoms with van der Waals surface area (Å²) in [5, 5.41) is 20.8. The standard InChI is InChI=1S/C13H20N2O4/c1-3-4-11(12(17)18)14-13(19)15-7-5-10(6-8-15)9(2)16/h1,9-11,16H,4-8H2,2H3,(H,14,19)(H,17,18). The van der Waals surface area contributed by atoms with Crippen molar-refractivity contribution in [1.82, 2.24) is 10.2 Å². The number of aliphatic hydroxyl groups excluding tert-OH is 1. The molecule has 1 rings (SSSR count). The molecule has 2 atom stereocenters. The molecule has 6 heteroatoms.